The first-order chi connectivity index (χ1) is 6.24. The van der Waals surface area contributed by atoms with Gasteiger partial charge in [0.25, 0.3) is 0 Å². The molecule has 0 aliphatic rings. The largest absolute Gasteiger partial charge is 0.323 e. The summed E-state index contributed by atoms with van der Waals surface area (Å²) in [6.45, 7) is 2.15. The summed E-state index contributed by atoms with van der Waals surface area (Å²) in [4.78, 5) is 4.17. The lowest BCUT2D eigenvalue weighted by atomic mass is 10.1. The van der Waals surface area contributed by atoms with E-state index in [0.29, 0.717) is 5.02 Å². The maximum atomic E-state index is 5.93. The lowest BCUT2D eigenvalue weighted by Gasteiger charge is -2.09. The highest BCUT2D eigenvalue weighted by atomic mass is 35.5. The van der Waals surface area contributed by atoms with E-state index in [1.807, 2.05) is 12.1 Å². The zero-order valence-electron chi connectivity index (χ0n) is 7.83. The second kappa shape index (κ2) is 5.20. The minimum Gasteiger partial charge on any atom is -0.323 e. The third-order valence-electron chi connectivity index (χ3n) is 2.00. The summed E-state index contributed by atoms with van der Waals surface area (Å²) >= 11 is 5.72. The van der Waals surface area contributed by atoms with E-state index in [1.54, 1.807) is 6.20 Å². The highest BCUT2D eigenvalue weighted by molar-refractivity contribution is 6.30. The first kappa shape index (κ1) is 10.5. The Morgan fingerprint density at radius 3 is 2.85 bits per heavy atom. The van der Waals surface area contributed by atoms with Crippen LogP contribution in [0.1, 0.15) is 37.9 Å². The number of aromatic nitrogens is 1. The van der Waals surface area contributed by atoms with Crippen LogP contribution in [0.2, 0.25) is 5.02 Å². The van der Waals surface area contributed by atoms with E-state index in [-0.39, 0.29) is 6.04 Å². The Morgan fingerprint density at radius 1 is 1.54 bits per heavy atom. The van der Waals surface area contributed by atoms with Crippen LogP contribution in [0.3, 0.4) is 0 Å². The van der Waals surface area contributed by atoms with Gasteiger partial charge in [0.1, 0.15) is 0 Å². The van der Waals surface area contributed by atoms with Gasteiger partial charge in [0.05, 0.1) is 10.7 Å². The Bertz CT molecular complexity index is 246. The van der Waals surface area contributed by atoms with Crippen molar-refractivity contribution in [1.29, 1.82) is 0 Å². The van der Waals surface area contributed by atoms with Gasteiger partial charge in [0.2, 0.25) is 0 Å². The van der Waals surface area contributed by atoms with Gasteiger partial charge >= 0.3 is 0 Å². The molecule has 0 saturated heterocycles. The molecule has 3 heteroatoms. The molecule has 0 aliphatic carbocycles. The minimum atomic E-state index is 0.0530. The predicted octanol–water partition coefficient (Wildman–Crippen LogP) is 2.93. The Kier molecular flexibility index (Phi) is 4.19. The maximum absolute atomic E-state index is 5.93. The fraction of sp³-hybridized carbons (Fsp3) is 0.500. The smallest absolute Gasteiger partial charge is 0.0589 e. The van der Waals surface area contributed by atoms with Crippen LogP contribution in [0, 0.1) is 0 Å². The molecule has 2 nitrogen and oxygen atoms in total. The zero-order valence-corrected chi connectivity index (χ0v) is 8.59. The van der Waals surface area contributed by atoms with Gasteiger partial charge in [-0.2, -0.15) is 0 Å². The highest BCUT2D eigenvalue weighted by Crippen LogP contribution is 2.16. The summed E-state index contributed by atoms with van der Waals surface area (Å²) in [7, 11) is 0. The van der Waals surface area contributed by atoms with Crippen molar-refractivity contribution in [1.82, 2.24) is 4.98 Å². The Balaban J connectivity index is 2.55. The van der Waals surface area contributed by atoms with Crippen LogP contribution >= 0.6 is 11.6 Å². The fourth-order valence-electron chi connectivity index (χ4n) is 1.18. The SMILES string of the molecule is CCCCC(N)c1ccc(Cl)cn1. The van der Waals surface area contributed by atoms with E-state index in [4.69, 9.17) is 17.3 Å². The molecule has 0 aromatic carbocycles. The Labute approximate surface area is 84.1 Å². The predicted molar refractivity (Wildman–Crippen MR) is 55.7 cm³/mol. The number of nitrogens with two attached hydrogens (primary N) is 1. The third-order valence-corrected chi connectivity index (χ3v) is 2.22. The molecule has 0 radical (unpaired) electrons. The van der Waals surface area contributed by atoms with Crippen LogP contribution in [0.5, 0.6) is 0 Å². The number of halogens is 1. The average molecular weight is 199 g/mol. The van der Waals surface area contributed by atoms with Crippen molar-refractivity contribution in [3.8, 4) is 0 Å². The van der Waals surface area contributed by atoms with Gasteiger partial charge in [-0.05, 0) is 18.6 Å². The van der Waals surface area contributed by atoms with Crippen LogP contribution in [-0.4, -0.2) is 4.98 Å². The summed E-state index contributed by atoms with van der Waals surface area (Å²) in [5, 5.41) is 0.659. The van der Waals surface area contributed by atoms with Crippen molar-refractivity contribution in [3.05, 3.63) is 29.0 Å². The van der Waals surface area contributed by atoms with Crippen LogP contribution < -0.4 is 5.73 Å². The Hall–Kier alpha value is -0.600. The summed E-state index contributed by atoms with van der Waals surface area (Å²) in [5.74, 6) is 0. The van der Waals surface area contributed by atoms with Crippen molar-refractivity contribution in [2.24, 2.45) is 5.73 Å². The maximum Gasteiger partial charge on any atom is 0.0589 e. The van der Waals surface area contributed by atoms with E-state index in [2.05, 4.69) is 11.9 Å². The van der Waals surface area contributed by atoms with Crippen molar-refractivity contribution in [2.45, 2.75) is 32.2 Å². The summed E-state index contributed by atoms with van der Waals surface area (Å²) in [6.07, 6.45) is 4.95. The van der Waals surface area contributed by atoms with Crippen LogP contribution in [0.4, 0.5) is 0 Å². The van der Waals surface area contributed by atoms with E-state index in [0.717, 1.165) is 18.5 Å². The molecule has 0 fully saturated rings. The van der Waals surface area contributed by atoms with E-state index >= 15 is 0 Å². The van der Waals surface area contributed by atoms with Gasteiger partial charge in [-0.1, -0.05) is 31.4 Å². The van der Waals surface area contributed by atoms with Crippen LogP contribution in [-0.2, 0) is 0 Å². The quantitative estimate of drug-likeness (QED) is 0.808. The summed E-state index contributed by atoms with van der Waals surface area (Å²) in [6, 6.07) is 3.77. The van der Waals surface area contributed by atoms with Crippen molar-refractivity contribution < 1.29 is 0 Å². The van der Waals surface area contributed by atoms with Gasteiger partial charge in [0, 0.05) is 12.2 Å². The highest BCUT2D eigenvalue weighted by Gasteiger charge is 2.05. The van der Waals surface area contributed by atoms with Gasteiger partial charge < -0.3 is 5.73 Å². The first-order valence-electron chi connectivity index (χ1n) is 4.61. The lowest BCUT2D eigenvalue weighted by Crippen LogP contribution is -2.11. The monoisotopic (exact) mass is 198 g/mol. The van der Waals surface area contributed by atoms with Crippen molar-refractivity contribution in [3.63, 3.8) is 0 Å². The molecule has 0 aliphatic heterocycles. The second-order valence-electron chi connectivity index (χ2n) is 3.15. The molecule has 0 amide bonds. The molecule has 1 heterocycles. The molecular weight excluding hydrogens is 184 g/mol. The number of hydrogen-bond donors (Lipinski definition) is 1. The third kappa shape index (κ3) is 3.33. The molecular formula is C10H15ClN2. The summed E-state index contributed by atoms with van der Waals surface area (Å²) in [5.41, 5.74) is 6.85. The summed E-state index contributed by atoms with van der Waals surface area (Å²) < 4.78 is 0. The topological polar surface area (TPSA) is 38.9 Å². The van der Waals surface area contributed by atoms with Gasteiger partial charge in [-0.15, -0.1) is 0 Å². The van der Waals surface area contributed by atoms with E-state index < -0.39 is 0 Å². The Morgan fingerprint density at radius 2 is 2.31 bits per heavy atom. The van der Waals surface area contributed by atoms with Gasteiger partial charge in [0.15, 0.2) is 0 Å². The first-order valence-corrected chi connectivity index (χ1v) is 4.99. The van der Waals surface area contributed by atoms with Crippen molar-refractivity contribution >= 4 is 11.6 Å². The molecule has 0 spiro atoms. The zero-order chi connectivity index (χ0) is 9.68. The molecule has 0 saturated carbocycles. The van der Waals surface area contributed by atoms with Crippen LogP contribution in [0.25, 0.3) is 0 Å². The molecule has 0 bridgehead atoms. The van der Waals surface area contributed by atoms with Gasteiger partial charge in [-0.25, -0.2) is 0 Å². The lowest BCUT2D eigenvalue weighted by molar-refractivity contribution is 0.590. The standard InChI is InChI=1S/C10H15ClN2/c1-2-3-4-9(12)10-6-5-8(11)7-13-10/h5-7,9H,2-4,12H2,1H3. The van der Waals surface area contributed by atoms with Gasteiger partial charge in [-0.3, -0.25) is 4.98 Å². The normalized spacial score (nSPS) is 12.8. The molecule has 13 heavy (non-hydrogen) atoms. The fourth-order valence-corrected chi connectivity index (χ4v) is 1.29. The number of rotatable bonds is 4. The average Bonchev–Trinajstić information content (AvgIpc) is 2.15. The number of unbranched alkanes of at least 4 members (excludes halogenated alkanes) is 1. The number of nitrogens with zero attached hydrogens (tertiary/aromatic N) is 1. The number of pyridine rings is 1. The molecule has 2 N–H and O–H groups in total. The second-order valence-corrected chi connectivity index (χ2v) is 3.59. The molecule has 1 atom stereocenters. The molecule has 72 valence electrons. The van der Waals surface area contributed by atoms with E-state index in [9.17, 15) is 0 Å². The molecule has 1 unspecified atom stereocenters. The molecule has 1 aromatic heterocycles. The minimum absolute atomic E-state index is 0.0530. The molecule has 1 aromatic rings. The number of hydrogen-bond acceptors (Lipinski definition) is 2. The van der Waals surface area contributed by atoms with E-state index in [1.165, 1.54) is 6.42 Å². The van der Waals surface area contributed by atoms with Crippen molar-refractivity contribution in [2.75, 3.05) is 0 Å². The van der Waals surface area contributed by atoms with Crippen LogP contribution in [0.15, 0.2) is 18.3 Å². The molecule has 1 rings (SSSR count).